The molecule has 0 atom stereocenters. The number of nitrogens with one attached hydrogen (secondary N) is 1. The summed E-state index contributed by atoms with van der Waals surface area (Å²) in [5, 5.41) is 1.61. The van der Waals surface area contributed by atoms with Crippen LogP contribution in [0.4, 0.5) is 18.2 Å². The largest absolute Gasteiger partial charge is 0.471 e. The molecule has 8 heteroatoms. The predicted octanol–water partition coefficient (Wildman–Crippen LogP) is 3.93. The number of thiophene rings is 1. The zero-order valence-electron chi connectivity index (χ0n) is 12.9. The van der Waals surface area contributed by atoms with Gasteiger partial charge >= 0.3 is 18.1 Å². The highest BCUT2D eigenvalue weighted by Crippen LogP contribution is 2.36. The van der Waals surface area contributed by atoms with Crippen LogP contribution in [0.2, 0.25) is 0 Å². The molecule has 0 bridgehead atoms. The number of hydrogen-bond donors (Lipinski definition) is 1. The van der Waals surface area contributed by atoms with Crippen molar-refractivity contribution < 1.29 is 27.5 Å². The second-order valence-electron chi connectivity index (χ2n) is 4.96. The van der Waals surface area contributed by atoms with Crippen LogP contribution in [0.1, 0.15) is 26.4 Å². The Balaban J connectivity index is 2.40. The summed E-state index contributed by atoms with van der Waals surface area (Å²) in [5.41, 5.74) is 1.38. The van der Waals surface area contributed by atoms with Crippen LogP contribution in [-0.2, 0) is 16.0 Å². The van der Waals surface area contributed by atoms with Gasteiger partial charge in [0.1, 0.15) is 5.00 Å². The fourth-order valence-electron chi connectivity index (χ4n) is 2.12. The van der Waals surface area contributed by atoms with Crippen LogP contribution in [0, 0.1) is 6.92 Å². The minimum absolute atomic E-state index is 0.0500. The number of rotatable bonds is 4. The first kappa shape index (κ1) is 18.0. The standard InChI is InChI=1S/C16H14F3NO3S/c1-9-11(8-10-6-4-3-5-7-10)24-13(12(9)14(21)23-2)20-15(22)16(17,18)19/h3-7H,8H2,1-2H3,(H,20,22). The summed E-state index contributed by atoms with van der Waals surface area (Å²) in [6.45, 7) is 1.62. The van der Waals surface area contributed by atoms with Crippen molar-refractivity contribution in [1.82, 2.24) is 0 Å². The summed E-state index contributed by atoms with van der Waals surface area (Å²) in [6, 6.07) is 9.26. The van der Waals surface area contributed by atoms with E-state index in [9.17, 15) is 22.8 Å². The number of hydrogen-bond acceptors (Lipinski definition) is 4. The van der Waals surface area contributed by atoms with Crippen molar-refractivity contribution in [3.8, 4) is 0 Å². The summed E-state index contributed by atoms with van der Waals surface area (Å²) in [7, 11) is 1.13. The van der Waals surface area contributed by atoms with E-state index in [1.807, 2.05) is 30.3 Å². The minimum atomic E-state index is -5.04. The van der Waals surface area contributed by atoms with Crippen LogP contribution in [-0.4, -0.2) is 25.2 Å². The van der Waals surface area contributed by atoms with Gasteiger partial charge in [-0.3, -0.25) is 4.79 Å². The normalized spacial score (nSPS) is 11.2. The molecule has 1 amide bonds. The summed E-state index contributed by atoms with van der Waals surface area (Å²) in [6.07, 6.45) is -4.60. The fraction of sp³-hybridized carbons (Fsp3) is 0.250. The average Bonchev–Trinajstić information content (AvgIpc) is 2.82. The molecular formula is C16H14F3NO3S. The lowest BCUT2D eigenvalue weighted by molar-refractivity contribution is -0.167. The Morgan fingerprint density at radius 3 is 2.38 bits per heavy atom. The van der Waals surface area contributed by atoms with Gasteiger partial charge in [0.05, 0.1) is 12.7 Å². The molecule has 0 fully saturated rings. The molecule has 1 N–H and O–H groups in total. The lowest BCUT2D eigenvalue weighted by Crippen LogP contribution is -2.30. The van der Waals surface area contributed by atoms with Crippen LogP contribution in [0.25, 0.3) is 0 Å². The maximum Gasteiger partial charge on any atom is 0.471 e. The minimum Gasteiger partial charge on any atom is -0.465 e. The highest BCUT2D eigenvalue weighted by atomic mass is 32.1. The van der Waals surface area contributed by atoms with E-state index in [0.29, 0.717) is 16.9 Å². The summed E-state index contributed by atoms with van der Waals surface area (Å²) < 4.78 is 42.1. The average molecular weight is 357 g/mol. The molecule has 2 rings (SSSR count). The van der Waals surface area contributed by atoms with Crippen LogP contribution in [0.15, 0.2) is 30.3 Å². The highest BCUT2D eigenvalue weighted by molar-refractivity contribution is 7.17. The molecule has 1 heterocycles. The molecule has 4 nitrogen and oxygen atoms in total. The Labute approximate surface area is 140 Å². The van der Waals surface area contributed by atoms with Gasteiger partial charge in [0.15, 0.2) is 0 Å². The third-order valence-corrected chi connectivity index (χ3v) is 4.53. The molecule has 0 saturated carbocycles. The fourth-order valence-corrected chi connectivity index (χ4v) is 3.34. The summed E-state index contributed by atoms with van der Waals surface area (Å²) in [4.78, 5) is 23.8. The molecule has 1 aromatic heterocycles. The van der Waals surface area contributed by atoms with Gasteiger partial charge in [0.25, 0.3) is 0 Å². The van der Waals surface area contributed by atoms with E-state index in [1.54, 1.807) is 12.2 Å². The Kier molecular flexibility index (Phi) is 5.28. The van der Waals surface area contributed by atoms with Crippen molar-refractivity contribution in [3.05, 3.63) is 51.9 Å². The van der Waals surface area contributed by atoms with Gasteiger partial charge in [-0.2, -0.15) is 13.2 Å². The van der Waals surface area contributed by atoms with E-state index in [-0.39, 0.29) is 10.6 Å². The molecule has 1 aromatic carbocycles. The van der Waals surface area contributed by atoms with Crippen molar-refractivity contribution in [2.24, 2.45) is 0 Å². The maximum atomic E-state index is 12.5. The van der Waals surface area contributed by atoms with Crippen molar-refractivity contribution >= 4 is 28.2 Å². The monoisotopic (exact) mass is 357 g/mol. The number of esters is 1. The van der Waals surface area contributed by atoms with Gasteiger partial charge in [0.2, 0.25) is 0 Å². The second-order valence-corrected chi connectivity index (χ2v) is 6.07. The first-order valence-corrected chi connectivity index (χ1v) is 7.68. The first-order chi connectivity index (χ1) is 11.2. The van der Waals surface area contributed by atoms with E-state index in [0.717, 1.165) is 24.0 Å². The van der Waals surface area contributed by atoms with Crippen LogP contribution in [0.3, 0.4) is 0 Å². The lowest BCUT2D eigenvalue weighted by Gasteiger charge is -2.08. The van der Waals surface area contributed by atoms with Crippen molar-refractivity contribution in [2.45, 2.75) is 19.5 Å². The number of alkyl halides is 3. The zero-order valence-corrected chi connectivity index (χ0v) is 13.7. The molecule has 0 aliphatic rings. The van der Waals surface area contributed by atoms with Crippen LogP contribution >= 0.6 is 11.3 Å². The predicted molar refractivity (Wildman–Crippen MR) is 84.3 cm³/mol. The second kappa shape index (κ2) is 7.04. The quantitative estimate of drug-likeness (QED) is 0.844. The molecule has 0 aliphatic carbocycles. The van der Waals surface area contributed by atoms with E-state index >= 15 is 0 Å². The van der Waals surface area contributed by atoms with Crippen LogP contribution in [0.5, 0.6) is 0 Å². The Hall–Kier alpha value is -2.35. The summed E-state index contributed by atoms with van der Waals surface area (Å²) >= 11 is 0.936. The third kappa shape index (κ3) is 3.94. The summed E-state index contributed by atoms with van der Waals surface area (Å²) in [5.74, 6) is -2.92. The van der Waals surface area contributed by atoms with Crippen molar-refractivity contribution in [1.29, 1.82) is 0 Å². The molecule has 128 valence electrons. The number of carbonyl (C=O) groups is 2. The van der Waals surface area contributed by atoms with E-state index < -0.39 is 18.1 Å². The Bertz CT molecular complexity index is 754. The number of amides is 1. The highest BCUT2D eigenvalue weighted by Gasteiger charge is 2.40. The van der Waals surface area contributed by atoms with E-state index in [2.05, 4.69) is 4.74 Å². The Morgan fingerprint density at radius 1 is 1.21 bits per heavy atom. The van der Waals surface area contributed by atoms with E-state index in [1.165, 1.54) is 0 Å². The number of benzene rings is 1. The third-order valence-electron chi connectivity index (χ3n) is 3.33. The first-order valence-electron chi connectivity index (χ1n) is 6.86. The molecule has 0 spiro atoms. The van der Waals surface area contributed by atoms with Gasteiger partial charge < -0.3 is 10.1 Å². The van der Waals surface area contributed by atoms with Crippen molar-refractivity contribution in [3.63, 3.8) is 0 Å². The van der Waals surface area contributed by atoms with Crippen molar-refractivity contribution in [2.75, 3.05) is 12.4 Å². The topological polar surface area (TPSA) is 55.4 Å². The zero-order chi connectivity index (χ0) is 17.9. The van der Waals surface area contributed by atoms with Gasteiger partial charge in [-0.15, -0.1) is 11.3 Å². The maximum absolute atomic E-state index is 12.5. The van der Waals surface area contributed by atoms with Gasteiger partial charge in [-0.05, 0) is 18.1 Å². The smallest absolute Gasteiger partial charge is 0.465 e. The Morgan fingerprint density at radius 2 is 1.83 bits per heavy atom. The molecule has 2 aromatic rings. The number of anilines is 1. The van der Waals surface area contributed by atoms with E-state index in [4.69, 9.17) is 0 Å². The molecule has 24 heavy (non-hydrogen) atoms. The molecule has 0 radical (unpaired) electrons. The molecule has 0 saturated heterocycles. The number of halogens is 3. The van der Waals surface area contributed by atoms with Crippen LogP contribution < -0.4 is 5.32 Å². The van der Waals surface area contributed by atoms with Gasteiger partial charge in [-0.25, -0.2) is 4.79 Å². The van der Waals surface area contributed by atoms with Gasteiger partial charge in [0, 0.05) is 11.3 Å². The lowest BCUT2D eigenvalue weighted by atomic mass is 10.1. The number of carbonyl (C=O) groups excluding carboxylic acids is 2. The molecular weight excluding hydrogens is 343 g/mol. The molecule has 0 aliphatic heterocycles. The SMILES string of the molecule is COC(=O)c1c(NC(=O)C(F)(F)F)sc(Cc2ccccc2)c1C. The number of ether oxygens (including phenoxy) is 1. The van der Waals surface area contributed by atoms with Gasteiger partial charge in [-0.1, -0.05) is 30.3 Å². The molecule has 0 unspecified atom stereocenters. The number of methoxy groups -OCH3 is 1.